The second-order valence-corrected chi connectivity index (χ2v) is 3.35. The second-order valence-electron chi connectivity index (χ2n) is 3.35. The summed E-state index contributed by atoms with van der Waals surface area (Å²) in [5, 5.41) is 4.90. The summed E-state index contributed by atoms with van der Waals surface area (Å²) in [5.41, 5.74) is -0.558. The molecule has 1 heterocycles. The molecule has 3 amide bonds. The maximum Gasteiger partial charge on any atom is 0.322 e. The molecule has 4 nitrogen and oxygen atoms in total. The molecule has 2 aliphatic rings. The lowest BCUT2D eigenvalue weighted by Gasteiger charge is -2.02. The van der Waals surface area contributed by atoms with Gasteiger partial charge in [-0.15, -0.1) is 0 Å². The fourth-order valence-corrected chi connectivity index (χ4v) is 1.90. The minimum absolute atomic E-state index is 0.164. The highest BCUT2D eigenvalue weighted by Gasteiger charge is 2.68. The average molecular weight is 154 g/mol. The summed E-state index contributed by atoms with van der Waals surface area (Å²) in [4.78, 5) is 22.0. The van der Waals surface area contributed by atoms with Crippen molar-refractivity contribution in [3.63, 3.8) is 0 Å². The molecule has 2 fully saturated rings. The monoisotopic (exact) mass is 154 g/mol. The Hall–Kier alpha value is -1.06. The Balaban J connectivity index is 2.30. The highest BCUT2D eigenvalue weighted by Crippen LogP contribution is 2.51. The van der Waals surface area contributed by atoms with Crippen molar-refractivity contribution in [1.82, 2.24) is 10.6 Å². The number of carbonyl (C=O) groups is 2. The van der Waals surface area contributed by atoms with Crippen LogP contribution >= 0.6 is 0 Å². The molecule has 0 bridgehead atoms. The van der Waals surface area contributed by atoms with E-state index in [9.17, 15) is 9.59 Å². The molecule has 1 saturated heterocycles. The molecule has 2 rings (SSSR count). The molecule has 60 valence electrons. The zero-order valence-corrected chi connectivity index (χ0v) is 6.47. The van der Waals surface area contributed by atoms with Crippen LogP contribution in [0.3, 0.4) is 0 Å². The molecule has 0 aromatic carbocycles. The Labute approximate surface area is 64.3 Å². The lowest BCUT2D eigenvalue weighted by atomic mass is 10.2. The molecule has 2 atom stereocenters. The smallest absolute Gasteiger partial charge is 0.322 e. The molecule has 2 N–H and O–H groups in total. The average Bonchev–Trinajstić information content (AvgIpc) is 2.36. The van der Waals surface area contributed by atoms with E-state index in [-0.39, 0.29) is 23.8 Å². The van der Waals surface area contributed by atoms with Crippen molar-refractivity contribution in [2.45, 2.75) is 19.4 Å². The van der Waals surface area contributed by atoms with Gasteiger partial charge >= 0.3 is 6.03 Å². The van der Waals surface area contributed by atoms with E-state index < -0.39 is 5.54 Å². The summed E-state index contributed by atoms with van der Waals surface area (Å²) >= 11 is 0. The van der Waals surface area contributed by atoms with Crippen LogP contribution in [0.5, 0.6) is 0 Å². The highest BCUT2D eigenvalue weighted by molar-refractivity contribution is 6.09. The minimum atomic E-state index is -0.558. The van der Waals surface area contributed by atoms with Crippen molar-refractivity contribution in [2.75, 3.05) is 0 Å². The first kappa shape index (κ1) is 6.64. The van der Waals surface area contributed by atoms with E-state index >= 15 is 0 Å². The molecule has 11 heavy (non-hydrogen) atoms. The van der Waals surface area contributed by atoms with Crippen LogP contribution < -0.4 is 10.6 Å². The van der Waals surface area contributed by atoms with Crippen LogP contribution in [0, 0.1) is 11.8 Å². The first-order chi connectivity index (χ1) is 5.09. The first-order valence-corrected chi connectivity index (χ1v) is 3.72. The number of amides is 3. The number of nitrogens with one attached hydrogen (secondary N) is 2. The normalized spacial score (nSPS) is 47.5. The van der Waals surface area contributed by atoms with E-state index in [1.807, 2.05) is 13.8 Å². The van der Waals surface area contributed by atoms with Crippen LogP contribution in [-0.2, 0) is 4.79 Å². The van der Waals surface area contributed by atoms with E-state index in [1.54, 1.807) is 0 Å². The van der Waals surface area contributed by atoms with Gasteiger partial charge in [-0.2, -0.15) is 0 Å². The van der Waals surface area contributed by atoms with Gasteiger partial charge in [0, 0.05) is 0 Å². The molecule has 1 spiro atoms. The maximum atomic E-state index is 11.2. The third kappa shape index (κ3) is 0.552. The summed E-state index contributed by atoms with van der Waals surface area (Å²) < 4.78 is 0. The van der Waals surface area contributed by atoms with Crippen molar-refractivity contribution >= 4 is 11.9 Å². The topological polar surface area (TPSA) is 58.2 Å². The van der Waals surface area contributed by atoms with E-state index in [0.717, 1.165) is 0 Å². The standard InChI is InChI=1S/C7H10N2O2/c1-3-4(2)7(3)5(10)8-6(11)9-7/h3-4H,1-2H3,(H2,8,9,10,11). The van der Waals surface area contributed by atoms with Gasteiger partial charge in [-0.05, 0) is 11.8 Å². The van der Waals surface area contributed by atoms with Crippen molar-refractivity contribution in [3.05, 3.63) is 0 Å². The third-order valence-corrected chi connectivity index (χ3v) is 3.00. The molecule has 4 heteroatoms. The van der Waals surface area contributed by atoms with E-state index in [1.165, 1.54) is 0 Å². The molecule has 1 aliphatic carbocycles. The number of hydrogen-bond acceptors (Lipinski definition) is 2. The zero-order chi connectivity index (χ0) is 8.22. The van der Waals surface area contributed by atoms with Gasteiger partial charge in [0.25, 0.3) is 5.91 Å². The summed E-state index contributed by atoms with van der Waals surface area (Å²) in [5.74, 6) is 0.380. The Kier molecular flexibility index (Phi) is 0.948. The molecule has 0 aromatic rings. The number of rotatable bonds is 0. The molecular formula is C7H10N2O2. The SMILES string of the molecule is CC1C(C)C12NC(=O)NC2=O. The van der Waals surface area contributed by atoms with Gasteiger partial charge in [0.2, 0.25) is 0 Å². The summed E-state index contributed by atoms with van der Waals surface area (Å²) in [7, 11) is 0. The first-order valence-electron chi connectivity index (χ1n) is 3.72. The summed E-state index contributed by atoms with van der Waals surface area (Å²) in [6, 6.07) is -0.355. The second kappa shape index (κ2) is 1.57. The van der Waals surface area contributed by atoms with Crippen molar-refractivity contribution in [1.29, 1.82) is 0 Å². The molecule has 1 aliphatic heterocycles. The molecule has 0 radical (unpaired) electrons. The predicted octanol–water partition coefficient (Wildman–Crippen LogP) is -0.150. The number of imide groups is 1. The van der Waals surface area contributed by atoms with Crippen LogP contribution in [0.15, 0.2) is 0 Å². The van der Waals surface area contributed by atoms with E-state index in [0.29, 0.717) is 0 Å². The molecule has 1 saturated carbocycles. The van der Waals surface area contributed by atoms with Gasteiger partial charge in [-0.3, -0.25) is 10.1 Å². The van der Waals surface area contributed by atoms with Gasteiger partial charge in [0.15, 0.2) is 0 Å². The highest BCUT2D eigenvalue weighted by atomic mass is 16.2. The van der Waals surface area contributed by atoms with Crippen LogP contribution in [0.1, 0.15) is 13.8 Å². The number of urea groups is 1. The van der Waals surface area contributed by atoms with E-state index in [2.05, 4.69) is 10.6 Å². The van der Waals surface area contributed by atoms with Crippen molar-refractivity contribution < 1.29 is 9.59 Å². The molecule has 2 unspecified atom stereocenters. The quantitative estimate of drug-likeness (QED) is 0.477. The van der Waals surface area contributed by atoms with E-state index in [4.69, 9.17) is 0 Å². The third-order valence-electron chi connectivity index (χ3n) is 3.00. The lowest BCUT2D eigenvalue weighted by Crippen LogP contribution is -2.34. The molecule has 0 aromatic heterocycles. The lowest BCUT2D eigenvalue weighted by molar-refractivity contribution is -0.121. The Morgan fingerprint density at radius 1 is 1.27 bits per heavy atom. The van der Waals surface area contributed by atoms with Crippen LogP contribution in [0.25, 0.3) is 0 Å². The van der Waals surface area contributed by atoms with Crippen molar-refractivity contribution in [2.24, 2.45) is 11.8 Å². The van der Waals surface area contributed by atoms with Gasteiger partial charge in [-0.25, -0.2) is 4.79 Å². The van der Waals surface area contributed by atoms with Gasteiger partial charge in [-0.1, -0.05) is 13.8 Å². The van der Waals surface area contributed by atoms with Crippen LogP contribution in [0.2, 0.25) is 0 Å². The maximum absolute atomic E-state index is 11.2. The van der Waals surface area contributed by atoms with Gasteiger partial charge < -0.3 is 5.32 Å². The molecular weight excluding hydrogens is 144 g/mol. The number of carbonyl (C=O) groups excluding carboxylic acids is 2. The summed E-state index contributed by atoms with van der Waals surface area (Å²) in [6.07, 6.45) is 0. The van der Waals surface area contributed by atoms with Crippen LogP contribution in [0.4, 0.5) is 4.79 Å². The fourth-order valence-electron chi connectivity index (χ4n) is 1.90. The number of hydrogen-bond donors (Lipinski definition) is 2. The Bertz CT molecular complexity index is 241. The fraction of sp³-hybridized carbons (Fsp3) is 0.714. The largest absolute Gasteiger partial charge is 0.323 e. The Morgan fingerprint density at radius 2 is 1.82 bits per heavy atom. The zero-order valence-electron chi connectivity index (χ0n) is 6.47. The van der Waals surface area contributed by atoms with Gasteiger partial charge in [0.1, 0.15) is 5.54 Å². The Morgan fingerprint density at radius 3 is 2.00 bits per heavy atom. The predicted molar refractivity (Wildman–Crippen MR) is 37.7 cm³/mol. The minimum Gasteiger partial charge on any atom is -0.323 e. The van der Waals surface area contributed by atoms with Crippen molar-refractivity contribution in [3.8, 4) is 0 Å². The van der Waals surface area contributed by atoms with Crippen LogP contribution in [-0.4, -0.2) is 17.5 Å². The summed E-state index contributed by atoms with van der Waals surface area (Å²) in [6.45, 7) is 3.94. The van der Waals surface area contributed by atoms with Gasteiger partial charge in [0.05, 0.1) is 0 Å².